The Morgan fingerprint density at radius 3 is 2.29 bits per heavy atom. The Kier molecular flexibility index (Phi) is 16.6. The first-order valence-corrected chi connectivity index (χ1v) is 9.59. The van der Waals surface area contributed by atoms with E-state index in [1.54, 1.807) is 0 Å². The largest absolute Gasteiger partial charge is 0.356 e. The molecule has 1 atom stereocenters. The highest BCUT2D eigenvalue weighted by atomic mass is 16.1. The second-order valence-corrected chi connectivity index (χ2v) is 6.28. The van der Waals surface area contributed by atoms with Crippen molar-refractivity contribution in [3.05, 3.63) is 48.6 Å². The highest BCUT2D eigenvalue weighted by Crippen LogP contribution is 2.00. The molecule has 0 aromatic carbocycles. The Balaban J connectivity index is 3.54. The first-order chi connectivity index (χ1) is 11.7. The number of carbonyl (C=O) groups is 1. The SMILES string of the molecule is CCC/C=C/C/C=C/CCC/C=C/C=C/CC(=O)NCC(C)CC. The zero-order valence-electron chi connectivity index (χ0n) is 16.0. The van der Waals surface area contributed by atoms with Gasteiger partial charge < -0.3 is 5.32 Å². The van der Waals surface area contributed by atoms with Crippen LogP contribution < -0.4 is 5.32 Å². The quantitative estimate of drug-likeness (QED) is 0.232. The van der Waals surface area contributed by atoms with Gasteiger partial charge >= 0.3 is 0 Å². The fourth-order valence-corrected chi connectivity index (χ4v) is 1.96. The van der Waals surface area contributed by atoms with Crippen LogP contribution in [-0.4, -0.2) is 12.5 Å². The van der Waals surface area contributed by atoms with Crippen LogP contribution in [0.4, 0.5) is 0 Å². The molecule has 0 aliphatic carbocycles. The van der Waals surface area contributed by atoms with E-state index in [9.17, 15) is 4.79 Å². The summed E-state index contributed by atoms with van der Waals surface area (Å²) in [6.45, 7) is 7.27. The Bertz CT molecular complexity index is 404. The lowest BCUT2D eigenvalue weighted by Gasteiger charge is -2.08. The molecule has 0 fully saturated rings. The van der Waals surface area contributed by atoms with Crippen LogP contribution in [0.25, 0.3) is 0 Å². The Morgan fingerprint density at radius 2 is 1.58 bits per heavy atom. The van der Waals surface area contributed by atoms with Crippen LogP contribution in [0.1, 0.15) is 72.1 Å². The maximum absolute atomic E-state index is 11.6. The van der Waals surface area contributed by atoms with Crippen LogP contribution in [0.15, 0.2) is 48.6 Å². The molecule has 0 spiro atoms. The molecule has 1 N–H and O–H groups in total. The summed E-state index contributed by atoms with van der Waals surface area (Å²) in [5.41, 5.74) is 0. The molecule has 1 amide bonds. The molecule has 136 valence electrons. The summed E-state index contributed by atoms with van der Waals surface area (Å²) in [7, 11) is 0. The first-order valence-electron chi connectivity index (χ1n) is 9.59. The molecule has 24 heavy (non-hydrogen) atoms. The van der Waals surface area contributed by atoms with Crippen LogP contribution in [-0.2, 0) is 4.79 Å². The minimum Gasteiger partial charge on any atom is -0.356 e. The van der Waals surface area contributed by atoms with Crippen molar-refractivity contribution in [3.63, 3.8) is 0 Å². The average Bonchev–Trinajstić information content (AvgIpc) is 2.59. The molecule has 1 unspecified atom stereocenters. The minimum atomic E-state index is 0.109. The van der Waals surface area contributed by atoms with E-state index in [1.165, 1.54) is 19.3 Å². The lowest BCUT2D eigenvalue weighted by Crippen LogP contribution is -2.27. The lowest BCUT2D eigenvalue weighted by atomic mass is 10.1. The van der Waals surface area contributed by atoms with Gasteiger partial charge in [-0.25, -0.2) is 0 Å². The van der Waals surface area contributed by atoms with Crippen molar-refractivity contribution in [1.82, 2.24) is 5.32 Å². The van der Waals surface area contributed by atoms with Gasteiger partial charge in [-0.3, -0.25) is 4.79 Å². The van der Waals surface area contributed by atoms with E-state index in [4.69, 9.17) is 0 Å². The molecule has 0 aromatic rings. The predicted octanol–water partition coefficient (Wildman–Crippen LogP) is 6.12. The highest BCUT2D eigenvalue weighted by molar-refractivity contribution is 5.77. The van der Waals surface area contributed by atoms with E-state index in [2.05, 4.69) is 56.5 Å². The molecule has 0 saturated heterocycles. The summed E-state index contributed by atoms with van der Waals surface area (Å²) in [6, 6.07) is 0. The van der Waals surface area contributed by atoms with E-state index in [-0.39, 0.29) is 5.91 Å². The monoisotopic (exact) mass is 331 g/mol. The van der Waals surface area contributed by atoms with Gasteiger partial charge in [-0.2, -0.15) is 0 Å². The number of carbonyl (C=O) groups excluding carboxylic acids is 1. The van der Waals surface area contributed by atoms with Crippen LogP contribution in [0, 0.1) is 5.92 Å². The number of hydrogen-bond donors (Lipinski definition) is 1. The van der Waals surface area contributed by atoms with Gasteiger partial charge in [0.1, 0.15) is 0 Å². The number of nitrogens with one attached hydrogen (secondary N) is 1. The number of unbranched alkanes of at least 4 members (excludes halogenated alkanes) is 3. The normalized spacial score (nSPS) is 13.6. The van der Waals surface area contributed by atoms with Crippen molar-refractivity contribution in [2.24, 2.45) is 5.92 Å². The van der Waals surface area contributed by atoms with E-state index in [1.807, 2.05) is 18.2 Å². The molecular formula is C22H37NO. The molecule has 0 aromatic heterocycles. The standard InChI is InChI=1S/C22H37NO/c1-4-6-7-8-9-10-11-12-13-14-15-16-17-18-19-22(24)23-20-21(3)5-2/h7-8,10-11,15-18,21H,4-6,9,12-14,19-20H2,1-3H3,(H,23,24)/b8-7+,11-10+,16-15+,18-17+. The summed E-state index contributed by atoms with van der Waals surface area (Å²) in [6.07, 6.45) is 25.5. The predicted molar refractivity (Wildman–Crippen MR) is 107 cm³/mol. The summed E-state index contributed by atoms with van der Waals surface area (Å²) in [4.78, 5) is 11.6. The third-order valence-electron chi connectivity index (χ3n) is 3.83. The topological polar surface area (TPSA) is 29.1 Å². The van der Waals surface area contributed by atoms with Gasteiger partial charge in [0.15, 0.2) is 0 Å². The van der Waals surface area contributed by atoms with Gasteiger partial charge in [-0.15, -0.1) is 0 Å². The van der Waals surface area contributed by atoms with Crippen molar-refractivity contribution >= 4 is 5.91 Å². The lowest BCUT2D eigenvalue weighted by molar-refractivity contribution is -0.120. The maximum atomic E-state index is 11.6. The van der Waals surface area contributed by atoms with Crippen LogP contribution in [0.2, 0.25) is 0 Å². The molecule has 0 saturated carbocycles. The summed E-state index contributed by atoms with van der Waals surface area (Å²) < 4.78 is 0. The number of rotatable bonds is 14. The molecule has 2 heteroatoms. The molecule has 0 radical (unpaired) electrons. The molecule has 2 nitrogen and oxygen atoms in total. The zero-order valence-corrected chi connectivity index (χ0v) is 16.0. The van der Waals surface area contributed by atoms with Crippen molar-refractivity contribution in [2.45, 2.75) is 72.1 Å². The average molecular weight is 332 g/mol. The maximum Gasteiger partial charge on any atom is 0.223 e. The fourth-order valence-electron chi connectivity index (χ4n) is 1.96. The van der Waals surface area contributed by atoms with E-state index >= 15 is 0 Å². The van der Waals surface area contributed by atoms with Gasteiger partial charge in [0.25, 0.3) is 0 Å². The van der Waals surface area contributed by atoms with Gasteiger partial charge in [-0.1, -0.05) is 82.2 Å². The van der Waals surface area contributed by atoms with Crippen molar-refractivity contribution in [1.29, 1.82) is 0 Å². The highest BCUT2D eigenvalue weighted by Gasteiger charge is 2.01. The smallest absolute Gasteiger partial charge is 0.223 e. The Morgan fingerprint density at radius 1 is 0.917 bits per heavy atom. The minimum absolute atomic E-state index is 0.109. The Labute approximate surface area is 149 Å². The van der Waals surface area contributed by atoms with Crippen LogP contribution >= 0.6 is 0 Å². The third kappa shape index (κ3) is 16.8. The molecular weight excluding hydrogens is 294 g/mol. The van der Waals surface area contributed by atoms with Crippen LogP contribution in [0.5, 0.6) is 0 Å². The third-order valence-corrected chi connectivity index (χ3v) is 3.83. The second kappa shape index (κ2) is 17.8. The van der Waals surface area contributed by atoms with E-state index in [0.717, 1.165) is 32.2 Å². The van der Waals surface area contributed by atoms with Gasteiger partial charge in [0.05, 0.1) is 0 Å². The second-order valence-electron chi connectivity index (χ2n) is 6.28. The fraction of sp³-hybridized carbons (Fsp3) is 0.591. The number of hydrogen-bond acceptors (Lipinski definition) is 1. The summed E-state index contributed by atoms with van der Waals surface area (Å²) in [5, 5.41) is 2.95. The summed E-state index contributed by atoms with van der Waals surface area (Å²) in [5.74, 6) is 0.664. The van der Waals surface area contributed by atoms with Crippen molar-refractivity contribution < 1.29 is 4.79 Å². The molecule has 0 bridgehead atoms. The molecule has 0 aliphatic rings. The summed E-state index contributed by atoms with van der Waals surface area (Å²) >= 11 is 0. The van der Waals surface area contributed by atoms with Crippen molar-refractivity contribution in [3.8, 4) is 0 Å². The molecule has 0 aliphatic heterocycles. The zero-order chi connectivity index (χ0) is 17.9. The van der Waals surface area contributed by atoms with Gasteiger partial charge in [0.2, 0.25) is 5.91 Å². The Hall–Kier alpha value is -1.57. The van der Waals surface area contributed by atoms with Gasteiger partial charge in [-0.05, 0) is 38.0 Å². The first kappa shape index (κ1) is 22.4. The number of allylic oxidation sites excluding steroid dienone is 7. The van der Waals surface area contributed by atoms with Gasteiger partial charge in [0, 0.05) is 13.0 Å². The van der Waals surface area contributed by atoms with E-state index in [0.29, 0.717) is 12.3 Å². The van der Waals surface area contributed by atoms with Crippen molar-refractivity contribution in [2.75, 3.05) is 6.54 Å². The number of amides is 1. The van der Waals surface area contributed by atoms with Crippen LogP contribution in [0.3, 0.4) is 0 Å². The van der Waals surface area contributed by atoms with E-state index < -0.39 is 0 Å². The molecule has 0 rings (SSSR count). The molecule has 0 heterocycles.